The normalized spacial score (nSPS) is 14.8. The third-order valence-electron chi connectivity index (χ3n) is 9.70. The molecule has 0 unspecified atom stereocenters. The molecule has 0 bridgehead atoms. The van der Waals surface area contributed by atoms with Gasteiger partial charge in [-0.05, 0) is 86.2 Å². The zero-order chi connectivity index (χ0) is 37.8. The van der Waals surface area contributed by atoms with Crippen LogP contribution in [0.4, 0.5) is 22.7 Å². The molecule has 0 spiro atoms. The number of rotatable bonds is 11. The Bertz CT molecular complexity index is 2240. The molecule has 0 aliphatic carbocycles. The number of anilines is 3. The summed E-state index contributed by atoms with van der Waals surface area (Å²) >= 11 is 0. The van der Waals surface area contributed by atoms with E-state index in [2.05, 4.69) is 25.9 Å². The minimum Gasteiger partial charge on any atom is -0.493 e. The van der Waals surface area contributed by atoms with Gasteiger partial charge in [-0.2, -0.15) is 0 Å². The summed E-state index contributed by atoms with van der Waals surface area (Å²) in [5.74, 6) is -0.102. The highest BCUT2D eigenvalue weighted by Crippen LogP contribution is 2.34. The maximum absolute atomic E-state index is 13.2. The number of fused-ring (bicyclic) bond motifs is 2. The average molecular weight is 727 g/mol. The van der Waals surface area contributed by atoms with Crippen LogP contribution in [0.25, 0.3) is 11.1 Å². The van der Waals surface area contributed by atoms with Crippen molar-refractivity contribution in [3.05, 3.63) is 108 Å². The first kappa shape index (κ1) is 35.9. The second-order valence-corrected chi connectivity index (χ2v) is 13.6. The number of nitrogens with zero attached hydrogens (tertiary/aromatic N) is 5. The Morgan fingerprint density at radius 1 is 0.815 bits per heavy atom. The molecule has 0 radical (unpaired) electrons. The fourth-order valence-electron chi connectivity index (χ4n) is 6.81. The fraction of sp³-hybridized carbons (Fsp3) is 0.268. The lowest BCUT2D eigenvalue weighted by molar-refractivity contribution is -0.116. The minimum atomic E-state index is -0.327. The fourth-order valence-corrected chi connectivity index (χ4v) is 6.81. The molecular formula is C41H42N8O5. The summed E-state index contributed by atoms with van der Waals surface area (Å²) in [6.45, 7) is 2.97. The number of ether oxygens (including phenoxy) is 1. The number of nitrogens with one attached hydrogen (secondary N) is 3. The van der Waals surface area contributed by atoms with Crippen LogP contribution in [-0.4, -0.2) is 68.1 Å². The van der Waals surface area contributed by atoms with Gasteiger partial charge in [0.1, 0.15) is 17.1 Å². The molecular weight excluding hydrogens is 685 g/mol. The largest absolute Gasteiger partial charge is 0.493 e. The van der Waals surface area contributed by atoms with E-state index < -0.39 is 0 Å². The number of carbonyl (C=O) groups excluding carboxylic acids is 4. The van der Waals surface area contributed by atoms with Gasteiger partial charge in [-0.15, -0.1) is 0 Å². The molecule has 2 aliphatic heterocycles. The van der Waals surface area contributed by atoms with Crippen molar-refractivity contribution in [1.82, 2.24) is 19.0 Å². The number of pyridine rings is 1. The number of piperidine rings is 1. The first-order valence-corrected chi connectivity index (χ1v) is 18.0. The summed E-state index contributed by atoms with van der Waals surface area (Å²) in [5.41, 5.74) is 6.44. The van der Waals surface area contributed by atoms with Crippen molar-refractivity contribution in [2.75, 3.05) is 29.1 Å². The molecule has 0 saturated carbocycles. The van der Waals surface area contributed by atoms with Gasteiger partial charge in [-0.25, -0.2) is 0 Å². The third kappa shape index (κ3) is 7.94. The molecule has 1 fully saturated rings. The summed E-state index contributed by atoms with van der Waals surface area (Å²) in [4.78, 5) is 62.5. The molecule has 4 amide bonds. The predicted octanol–water partition coefficient (Wildman–Crippen LogP) is 6.75. The lowest BCUT2D eigenvalue weighted by atomic mass is 10.0. The monoisotopic (exact) mass is 726 g/mol. The smallest absolute Gasteiger partial charge is 0.272 e. The lowest BCUT2D eigenvalue weighted by Gasteiger charge is -2.32. The third-order valence-corrected chi connectivity index (χ3v) is 9.70. The lowest BCUT2D eigenvalue weighted by Crippen LogP contribution is -2.43. The second-order valence-electron chi connectivity index (χ2n) is 13.6. The van der Waals surface area contributed by atoms with Crippen LogP contribution in [-0.2, 0) is 18.9 Å². The van der Waals surface area contributed by atoms with Gasteiger partial charge in [0.05, 0.1) is 29.6 Å². The number of carbonyl (C=O) groups is 4. The van der Waals surface area contributed by atoms with Gasteiger partial charge in [-0.1, -0.05) is 12.1 Å². The van der Waals surface area contributed by atoms with Crippen molar-refractivity contribution >= 4 is 52.6 Å². The van der Waals surface area contributed by atoms with Gasteiger partial charge in [0.25, 0.3) is 17.7 Å². The minimum absolute atomic E-state index is 0.0129. The zero-order valence-corrected chi connectivity index (χ0v) is 30.5. The highest BCUT2D eigenvalue weighted by molar-refractivity contribution is 6.06. The summed E-state index contributed by atoms with van der Waals surface area (Å²) in [6.07, 6.45) is 12.4. The van der Waals surface area contributed by atoms with E-state index in [1.54, 1.807) is 65.1 Å². The number of aromatic nitrogens is 3. The van der Waals surface area contributed by atoms with Gasteiger partial charge in [0, 0.05) is 81.1 Å². The molecule has 1 saturated heterocycles. The molecule has 13 heteroatoms. The standard InChI is InChI=1S/C41H42N8O5/c1-26-19-33-34(43-23-32-7-4-5-17-49(32)41(33)53)22-37(26)54-18-6-8-38(50)44-31-21-36(48(3)25-31)40(52)45-29-11-9-27(10-12-29)28-20-35(47(2)24-28)39(51)46-30-13-15-42-16-14-30/h9-16,19-25,32H,4-8,17-18H2,1-3H3,(H,44,50)(H,45,52)(H,42,46,51)/t32-/m0/s1. The van der Waals surface area contributed by atoms with Crippen LogP contribution in [0.3, 0.4) is 0 Å². The van der Waals surface area contributed by atoms with E-state index in [-0.39, 0.29) is 36.1 Å². The van der Waals surface area contributed by atoms with Crippen molar-refractivity contribution in [2.24, 2.45) is 19.1 Å². The first-order chi connectivity index (χ1) is 26.1. The van der Waals surface area contributed by atoms with E-state index in [9.17, 15) is 19.2 Å². The Labute approximate surface area is 313 Å². The van der Waals surface area contributed by atoms with Gasteiger partial charge in [0.2, 0.25) is 5.91 Å². The van der Waals surface area contributed by atoms with Crippen LogP contribution in [0.5, 0.6) is 5.75 Å². The van der Waals surface area contributed by atoms with E-state index in [4.69, 9.17) is 4.74 Å². The maximum Gasteiger partial charge on any atom is 0.272 e. The second kappa shape index (κ2) is 15.6. The van der Waals surface area contributed by atoms with E-state index >= 15 is 0 Å². The Kier molecular flexibility index (Phi) is 10.4. The molecule has 7 rings (SSSR count). The van der Waals surface area contributed by atoms with Crippen LogP contribution in [0.1, 0.15) is 69.0 Å². The van der Waals surface area contributed by atoms with E-state index in [0.29, 0.717) is 58.5 Å². The molecule has 5 heterocycles. The van der Waals surface area contributed by atoms with Crippen molar-refractivity contribution in [3.8, 4) is 16.9 Å². The van der Waals surface area contributed by atoms with Crippen LogP contribution in [0.2, 0.25) is 0 Å². The summed E-state index contributed by atoms with van der Waals surface area (Å²) < 4.78 is 9.45. The Hall–Kier alpha value is -6.50. The van der Waals surface area contributed by atoms with Crippen LogP contribution < -0.4 is 20.7 Å². The molecule has 3 aromatic heterocycles. The molecule has 276 valence electrons. The SMILES string of the molecule is Cc1cc2c(cc1OCCCC(=O)Nc1cc(C(=O)Nc3ccc(-c4cc(C(=O)Nc5ccncc5)n(C)c4)cc3)n(C)c1)N=C[C@@H]1CCCCN1C2=O. The molecule has 5 aromatic rings. The Balaban J connectivity index is 0.892. The van der Waals surface area contributed by atoms with Crippen LogP contribution >= 0.6 is 0 Å². The number of aliphatic imine (C=N–C) groups is 1. The summed E-state index contributed by atoms with van der Waals surface area (Å²) in [7, 11) is 3.55. The number of aryl methyl sites for hydroxylation is 3. The maximum atomic E-state index is 13.2. The number of hydrogen-bond donors (Lipinski definition) is 3. The number of hydrogen-bond acceptors (Lipinski definition) is 7. The van der Waals surface area contributed by atoms with Crippen molar-refractivity contribution in [3.63, 3.8) is 0 Å². The van der Waals surface area contributed by atoms with Crippen molar-refractivity contribution < 1.29 is 23.9 Å². The quantitative estimate of drug-likeness (QED) is 0.128. The van der Waals surface area contributed by atoms with Crippen molar-refractivity contribution in [2.45, 2.75) is 45.1 Å². The first-order valence-electron chi connectivity index (χ1n) is 18.0. The molecule has 1 atom stereocenters. The zero-order valence-electron chi connectivity index (χ0n) is 30.5. The highest BCUT2D eigenvalue weighted by Gasteiger charge is 2.30. The van der Waals surface area contributed by atoms with E-state index in [1.807, 2.05) is 61.6 Å². The van der Waals surface area contributed by atoms with Gasteiger partial charge in [-0.3, -0.25) is 29.2 Å². The number of benzene rings is 2. The summed E-state index contributed by atoms with van der Waals surface area (Å²) in [6, 6.07) is 18.0. The molecule has 13 nitrogen and oxygen atoms in total. The topological polar surface area (TPSA) is 152 Å². The van der Waals surface area contributed by atoms with E-state index in [0.717, 1.165) is 42.5 Å². The van der Waals surface area contributed by atoms with Gasteiger partial charge < -0.3 is 34.7 Å². The van der Waals surface area contributed by atoms with Gasteiger partial charge in [0.15, 0.2) is 0 Å². The van der Waals surface area contributed by atoms with Crippen molar-refractivity contribution in [1.29, 1.82) is 0 Å². The Morgan fingerprint density at radius 2 is 1.52 bits per heavy atom. The summed E-state index contributed by atoms with van der Waals surface area (Å²) in [5, 5.41) is 8.66. The van der Waals surface area contributed by atoms with Crippen LogP contribution in [0, 0.1) is 6.92 Å². The van der Waals surface area contributed by atoms with Crippen LogP contribution in [0.15, 0.2) is 90.4 Å². The number of amides is 4. The van der Waals surface area contributed by atoms with E-state index in [1.165, 1.54) is 0 Å². The molecule has 54 heavy (non-hydrogen) atoms. The molecule has 2 aliphatic rings. The van der Waals surface area contributed by atoms with Gasteiger partial charge >= 0.3 is 0 Å². The average Bonchev–Trinajstić information content (AvgIpc) is 3.71. The predicted molar refractivity (Wildman–Crippen MR) is 208 cm³/mol. The molecule has 3 N–H and O–H groups in total. The molecule has 2 aromatic carbocycles. The highest BCUT2D eigenvalue weighted by atomic mass is 16.5. The Morgan fingerprint density at radius 3 is 2.28 bits per heavy atom.